The largest absolute Gasteiger partial charge is 0.478 e. The summed E-state index contributed by atoms with van der Waals surface area (Å²) in [5.74, 6) is 5.11. The van der Waals surface area contributed by atoms with E-state index in [4.69, 9.17) is 4.74 Å². The van der Waals surface area contributed by atoms with Gasteiger partial charge in [-0.05, 0) is 25.5 Å². The predicted molar refractivity (Wildman–Crippen MR) is 94.6 cm³/mol. The quantitative estimate of drug-likeness (QED) is 0.618. The second-order valence-corrected chi connectivity index (χ2v) is 6.10. The van der Waals surface area contributed by atoms with Crippen molar-refractivity contribution in [2.45, 2.75) is 64.2 Å². The summed E-state index contributed by atoms with van der Waals surface area (Å²) in [4.78, 5) is 12.3. The van der Waals surface area contributed by atoms with Gasteiger partial charge in [0.1, 0.15) is 0 Å². The lowest BCUT2D eigenvalue weighted by Gasteiger charge is -2.36. The van der Waals surface area contributed by atoms with Crippen LogP contribution in [0.5, 0.6) is 0 Å². The number of aliphatic carboxylic acids is 1. The second kappa shape index (κ2) is 8.86. The minimum atomic E-state index is -1.55. The van der Waals surface area contributed by atoms with E-state index >= 15 is 0 Å². The molecule has 1 aromatic carbocycles. The maximum Gasteiger partial charge on any atom is 0.356 e. The molecular formula is C20H27NO3. The normalized spacial score (nSPS) is 17.6. The van der Waals surface area contributed by atoms with Crippen molar-refractivity contribution >= 4 is 5.97 Å². The van der Waals surface area contributed by atoms with Crippen molar-refractivity contribution in [3.8, 4) is 11.8 Å². The monoisotopic (exact) mass is 329 g/mol. The van der Waals surface area contributed by atoms with Crippen LogP contribution in [0.1, 0.15) is 63.5 Å². The van der Waals surface area contributed by atoms with Gasteiger partial charge in [-0.15, -0.1) is 0 Å². The van der Waals surface area contributed by atoms with Crippen molar-refractivity contribution in [3.63, 3.8) is 0 Å². The number of hydrogen-bond donors (Lipinski definition) is 2. The molecular weight excluding hydrogens is 302 g/mol. The Labute approximate surface area is 144 Å². The van der Waals surface area contributed by atoms with Crippen LogP contribution in [0.2, 0.25) is 0 Å². The topological polar surface area (TPSA) is 58.6 Å². The SMILES string of the molecule is CCC#Cc1ccccc1C(NCC)(OC1CCCCC1)C(=O)O. The first kappa shape index (κ1) is 18.5. The lowest BCUT2D eigenvalue weighted by molar-refractivity contribution is -0.186. The lowest BCUT2D eigenvalue weighted by atomic mass is 9.93. The van der Waals surface area contributed by atoms with E-state index in [1.54, 1.807) is 6.07 Å². The summed E-state index contributed by atoms with van der Waals surface area (Å²) in [5.41, 5.74) is -0.250. The van der Waals surface area contributed by atoms with Crippen LogP contribution in [0.3, 0.4) is 0 Å². The van der Waals surface area contributed by atoms with Crippen LogP contribution < -0.4 is 5.32 Å². The highest BCUT2D eigenvalue weighted by Gasteiger charge is 2.44. The average Bonchev–Trinajstić information content (AvgIpc) is 2.60. The van der Waals surface area contributed by atoms with Gasteiger partial charge in [0.2, 0.25) is 5.72 Å². The highest BCUT2D eigenvalue weighted by Crippen LogP contribution is 2.32. The van der Waals surface area contributed by atoms with Gasteiger partial charge in [-0.1, -0.05) is 63.1 Å². The Balaban J connectivity index is 2.47. The molecule has 0 aliphatic heterocycles. The lowest BCUT2D eigenvalue weighted by Crippen LogP contribution is -2.53. The first-order valence-electron chi connectivity index (χ1n) is 8.88. The zero-order valence-corrected chi connectivity index (χ0v) is 14.6. The van der Waals surface area contributed by atoms with E-state index in [1.807, 2.05) is 32.0 Å². The molecule has 0 heterocycles. The molecule has 0 spiro atoms. The average molecular weight is 329 g/mol. The number of carbonyl (C=O) groups is 1. The van der Waals surface area contributed by atoms with Crippen LogP contribution in [0.15, 0.2) is 24.3 Å². The summed E-state index contributed by atoms with van der Waals surface area (Å²) in [6.07, 6.45) is 5.86. The smallest absolute Gasteiger partial charge is 0.356 e. The van der Waals surface area contributed by atoms with E-state index in [0.29, 0.717) is 17.7 Å². The molecule has 4 nitrogen and oxygen atoms in total. The van der Waals surface area contributed by atoms with E-state index in [2.05, 4.69) is 17.2 Å². The molecule has 1 aliphatic rings. The molecule has 1 unspecified atom stereocenters. The molecule has 0 saturated heterocycles. The van der Waals surface area contributed by atoms with Crippen LogP contribution in [-0.4, -0.2) is 23.7 Å². The fourth-order valence-corrected chi connectivity index (χ4v) is 3.21. The summed E-state index contributed by atoms with van der Waals surface area (Å²) in [7, 11) is 0. The highest BCUT2D eigenvalue weighted by atomic mass is 16.6. The molecule has 0 radical (unpaired) electrons. The molecule has 4 heteroatoms. The Kier molecular flexibility index (Phi) is 6.84. The van der Waals surface area contributed by atoms with Gasteiger partial charge in [0, 0.05) is 17.5 Å². The second-order valence-electron chi connectivity index (χ2n) is 6.10. The van der Waals surface area contributed by atoms with Crippen molar-refractivity contribution in [2.24, 2.45) is 0 Å². The van der Waals surface area contributed by atoms with E-state index in [0.717, 1.165) is 32.1 Å². The van der Waals surface area contributed by atoms with Gasteiger partial charge in [-0.2, -0.15) is 0 Å². The van der Waals surface area contributed by atoms with Gasteiger partial charge < -0.3 is 9.84 Å². The first-order chi connectivity index (χ1) is 11.6. The number of carboxylic acids is 1. The number of nitrogens with one attached hydrogen (secondary N) is 1. The molecule has 1 atom stereocenters. The van der Waals surface area contributed by atoms with Crippen molar-refractivity contribution < 1.29 is 14.6 Å². The minimum absolute atomic E-state index is 0.0407. The van der Waals surface area contributed by atoms with Gasteiger partial charge in [-0.3, -0.25) is 5.32 Å². The van der Waals surface area contributed by atoms with Crippen LogP contribution in [0, 0.1) is 11.8 Å². The fraction of sp³-hybridized carbons (Fsp3) is 0.550. The van der Waals surface area contributed by atoms with Crippen molar-refractivity contribution in [1.82, 2.24) is 5.32 Å². The van der Waals surface area contributed by atoms with E-state index < -0.39 is 11.7 Å². The molecule has 0 aromatic heterocycles. The third-order valence-electron chi connectivity index (χ3n) is 4.33. The summed E-state index contributed by atoms with van der Waals surface area (Å²) in [6, 6.07) is 7.38. The standard InChI is InChI=1S/C20H27NO3/c1-3-5-11-16-12-9-10-15-18(16)20(19(22)23,21-4-2)24-17-13-7-6-8-14-17/h9-10,12,15,17,21H,3-4,6-8,13-14H2,1-2H3,(H,22,23). The Morgan fingerprint density at radius 3 is 2.62 bits per heavy atom. The Morgan fingerprint density at radius 2 is 2.00 bits per heavy atom. The van der Waals surface area contributed by atoms with Crippen molar-refractivity contribution in [3.05, 3.63) is 35.4 Å². The molecule has 2 N–H and O–H groups in total. The number of rotatable bonds is 6. The number of ether oxygens (including phenoxy) is 1. The maximum absolute atomic E-state index is 12.3. The van der Waals surface area contributed by atoms with E-state index in [9.17, 15) is 9.90 Å². The van der Waals surface area contributed by atoms with Gasteiger partial charge >= 0.3 is 5.97 Å². The van der Waals surface area contributed by atoms with Gasteiger partial charge in [-0.25, -0.2) is 4.79 Å². The predicted octanol–water partition coefficient (Wildman–Crippen LogP) is 3.64. The summed E-state index contributed by atoms with van der Waals surface area (Å²) < 4.78 is 6.21. The number of likely N-dealkylation sites (N-methyl/N-ethyl adjacent to an activating group) is 1. The summed E-state index contributed by atoms with van der Waals surface area (Å²) in [5, 5.41) is 13.1. The third kappa shape index (κ3) is 4.17. The van der Waals surface area contributed by atoms with Crippen molar-refractivity contribution in [1.29, 1.82) is 0 Å². The number of hydrogen-bond acceptors (Lipinski definition) is 3. The third-order valence-corrected chi connectivity index (χ3v) is 4.33. The van der Waals surface area contributed by atoms with Crippen LogP contribution in [-0.2, 0) is 15.3 Å². The maximum atomic E-state index is 12.3. The molecule has 0 bridgehead atoms. The van der Waals surface area contributed by atoms with Crippen LogP contribution in [0.4, 0.5) is 0 Å². The van der Waals surface area contributed by atoms with E-state index in [1.165, 1.54) is 6.42 Å². The molecule has 0 amide bonds. The molecule has 2 rings (SSSR count). The van der Waals surface area contributed by atoms with Gasteiger partial charge in [0.15, 0.2) is 0 Å². The Bertz CT molecular complexity index is 611. The van der Waals surface area contributed by atoms with Crippen molar-refractivity contribution in [2.75, 3.05) is 6.54 Å². The summed E-state index contributed by atoms with van der Waals surface area (Å²) >= 11 is 0. The fourth-order valence-electron chi connectivity index (χ4n) is 3.21. The molecule has 1 saturated carbocycles. The Morgan fingerprint density at radius 1 is 1.29 bits per heavy atom. The zero-order valence-electron chi connectivity index (χ0n) is 14.6. The molecule has 1 aliphatic carbocycles. The molecule has 1 aromatic rings. The number of carboxylic acid groups (broad SMARTS) is 1. The van der Waals surface area contributed by atoms with Crippen LogP contribution in [0.25, 0.3) is 0 Å². The molecule has 24 heavy (non-hydrogen) atoms. The van der Waals surface area contributed by atoms with Gasteiger partial charge in [0.25, 0.3) is 0 Å². The number of benzene rings is 1. The van der Waals surface area contributed by atoms with Crippen LogP contribution >= 0.6 is 0 Å². The molecule has 1 fully saturated rings. The van der Waals surface area contributed by atoms with E-state index in [-0.39, 0.29) is 6.10 Å². The zero-order chi connectivity index (χ0) is 17.4. The first-order valence-corrected chi connectivity index (χ1v) is 8.88. The minimum Gasteiger partial charge on any atom is -0.478 e. The van der Waals surface area contributed by atoms with Gasteiger partial charge in [0.05, 0.1) is 6.10 Å². The Hall–Kier alpha value is -1.83. The highest BCUT2D eigenvalue weighted by molar-refractivity contribution is 5.80. The summed E-state index contributed by atoms with van der Waals surface area (Å²) in [6.45, 7) is 4.36. The molecule has 130 valence electrons.